The lowest BCUT2D eigenvalue weighted by Gasteiger charge is -2.25. The molecule has 1 rings (SSSR count). The molecule has 0 aromatic carbocycles. The predicted molar refractivity (Wildman–Crippen MR) is 136 cm³/mol. The van der Waals surface area contributed by atoms with Crippen LogP contribution in [0, 0.1) is 5.41 Å². The maximum Gasteiger partial charge on any atom is 0.410 e. The Balaban J connectivity index is 1.96. The zero-order valence-corrected chi connectivity index (χ0v) is 22.3. The predicted octanol–water partition coefficient (Wildman–Crippen LogP) is 8.05. The van der Waals surface area contributed by atoms with Crippen molar-refractivity contribution in [3.63, 3.8) is 0 Å². The van der Waals surface area contributed by atoms with E-state index in [0.717, 1.165) is 19.3 Å². The van der Waals surface area contributed by atoms with Gasteiger partial charge in [-0.05, 0) is 24.7 Å². The number of unbranched alkanes of at least 4 members (excludes halogenated alkanes) is 14. The smallest absolute Gasteiger partial charge is 0.410 e. The Bertz CT molecular complexity index is 515. The van der Waals surface area contributed by atoms with Gasteiger partial charge in [-0.3, -0.25) is 4.90 Å². The molecule has 1 fully saturated rings. The fourth-order valence-corrected chi connectivity index (χ4v) is 4.33. The third kappa shape index (κ3) is 15.3. The molecule has 0 aromatic heterocycles. The van der Waals surface area contributed by atoms with Gasteiger partial charge in [0, 0.05) is 6.54 Å². The largest absolute Gasteiger partial charge is 0.464 e. The van der Waals surface area contributed by atoms with Crippen LogP contribution in [0.2, 0.25) is 0 Å². The number of esters is 1. The molecule has 0 spiro atoms. The first-order valence-electron chi connectivity index (χ1n) is 13.9. The molecule has 0 aromatic rings. The van der Waals surface area contributed by atoms with Crippen molar-refractivity contribution in [2.45, 2.75) is 143 Å². The Morgan fingerprint density at radius 1 is 0.758 bits per heavy atom. The van der Waals surface area contributed by atoms with E-state index in [2.05, 4.69) is 6.92 Å². The van der Waals surface area contributed by atoms with E-state index in [1.165, 1.54) is 83.5 Å². The van der Waals surface area contributed by atoms with E-state index in [-0.39, 0.29) is 11.4 Å². The quantitative estimate of drug-likeness (QED) is 0.151. The summed E-state index contributed by atoms with van der Waals surface area (Å²) in [7, 11) is 0. The molecule has 1 atom stereocenters. The highest BCUT2D eigenvalue weighted by Crippen LogP contribution is 2.21. The number of carbonyl (C=O) groups is 2. The first kappa shape index (κ1) is 29.8. The number of carbonyl (C=O) groups excluding carboxylic acids is 2. The van der Waals surface area contributed by atoms with Crippen LogP contribution in [-0.4, -0.2) is 42.8 Å². The van der Waals surface area contributed by atoms with E-state index in [4.69, 9.17) is 9.47 Å². The Kier molecular flexibility index (Phi) is 16.3. The Morgan fingerprint density at radius 2 is 1.24 bits per heavy atom. The van der Waals surface area contributed by atoms with E-state index >= 15 is 0 Å². The molecule has 5 nitrogen and oxygen atoms in total. The van der Waals surface area contributed by atoms with Crippen molar-refractivity contribution in [1.82, 2.24) is 4.90 Å². The van der Waals surface area contributed by atoms with Crippen LogP contribution in [0.1, 0.15) is 137 Å². The van der Waals surface area contributed by atoms with Crippen LogP contribution in [0.15, 0.2) is 0 Å². The van der Waals surface area contributed by atoms with Gasteiger partial charge in [-0.25, -0.2) is 9.59 Å². The molecule has 1 unspecified atom stereocenters. The number of nitrogens with zero attached hydrogens (tertiary/aromatic N) is 1. The standard InChI is InChI=1S/C28H53NO4/c1-5-6-7-8-9-10-11-12-13-14-15-16-17-18-19-23-32-26(30)25-21-20-22-29(25)27(31)33-24-28(2,3)4/h25H,5-24H2,1-4H3. The fourth-order valence-electron chi connectivity index (χ4n) is 4.33. The van der Waals surface area contributed by atoms with Crippen LogP contribution < -0.4 is 0 Å². The van der Waals surface area contributed by atoms with Crippen molar-refractivity contribution in [2.24, 2.45) is 5.41 Å². The van der Waals surface area contributed by atoms with Crippen LogP contribution in [-0.2, 0) is 14.3 Å². The fraction of sp³-hybridized carbons (Fsp3) is 0.929. The minimum atomic E-state index is -0.478. The van der Waals surface area contributed by atoms with E-state index in [1.807, 2.05) is 20.8 Å². The van der Waals surface area contributed by atoms with Gasteiger partial charge >= 0.3 is 12.1 Å². The summed E-state index contributed by atoms with van der Waals surface area (Å²) in [5.74, 6) is -0.273. The number of hydrogen-bond acceptors (Lipinski definition) is 4. The molecule has 1 amide bonds. The van der Waals surface area contributed by atoms with Crippen molar-refractivity contribution >= 4 is 12.1 Å². The summed E-state index contributed by atoms with van der Waals surface area (Å²) in [5.41, 5.74) is -0.0844. The lowest BCUT2D eigenvalue weighted by molar-refractivity contribution is -0.148. The van der Waals surface area contributed by atoms with Crippen LogP contribution in [0.25, 0.3) is 0 Å². The van der Waals surface area contributed by atoms with Crippen LogP contribution in [0.4, 0.5) is 4.79 Å². The first-order chi connectivity index (χ1) is 15.8. The van der Waals surface area contributed by atoms with E-state index in [9.17, 15) is 9.59 Å². The van der Waals surface area contributed by atoms with Crippen molar-refractivity contribution in [3.05, 3.63) is 0 Å². The molecule has 194 valence electrons. The second-order valence-corrected chi connectivity index (χ2v) is 11.1. The molecule has 5 heteroatoms. The molecule has 1 saturated heterocycles. The molecule has 0 bridgehead atoms. The van der Waals surface area contributed by atoms with Crippen molar-refractivity contribution < 1.29 is 19.1 Å². The maximum absolute atomic E-state index is 12.4. The molecular weight excluding hydrogens is 414 g/mol. The molecule has 0 saturated carbocycles. The van der Waals surface area contributed by atoms with Crippen LogP contribution in [0.3, 0.4) is 0 Å². The van der Waals surface area contributed by atoms with Crippen molar-refractivity contribution in [1.29, 1.82) is 0 Å². The average Bonchev–Trinajstić information content (AvgIpc) is 3.26. The highest BCUT2D eigenvalue weighted by atomic mass is 16.6. The van der Waals surface area contributed by atoms with Gasteiger partial charge in [0.15, 0.2) is 0 Å². The third-order valence-electron chi connectivity index (χ3n) is 6.38. The molecule has 1 heterocycles. The normalized spacial score (nSPS) is 16.2. The second-order valence-electron chi connectivity index (χ2n) is 11.1. The van der Waals surface area contributed by atoms with Crippen LogP contribution in [0.5, 0.6) is 0 Å². The summed E-state index contributed by atoms with van der Waals surface area (Å²) in [6.07, 6.45) is 20.9. The minimum Gasteiger partial charge on any atom is -0.464 e. The monoisotopic (exact) mass is 467 g/mol. The Hall–Kier alpha value is -1.26. The maximum atomic E-state index is 12.4. The number of rotatable bonds is 18. The molecule has 0 radical (unpaired) electrons. The van der Waals surface area contributed by atoms with Crippen molar-refractivity contribution in [2.75, 3.05) is 19.8 Å². The van der Waals surface area contributed by atoms with Crippen molar-refractivity contribution in [3.8, 4) is 0 Å². The highest BCUT2D eigenvalue weighted by Gasteiger charge is 2.36. The first-order valence-corrected chi connectivity index (χ1v) is 13.9. The highest BCUT2D eigenvalue weighted by molar-refractivity contribution is 5.82. The summed E-state index contributed by atoms with van der Waals surface area (Å²) in [6, 6.07) is -0.478. The number of likely N-dealkylation sites (tertiary alicyclic amines) is 1. The Morgan fingerprint density at radius 3 is 1.73 bits per heavy atom. The second kappa shape index (κ2) is 18.1. The van der Waals surface area contributed by atoms with Gasteiger partial charge in [0.05, 0.1) is 13.2 Å². The topological polar surface area (TPSA) is 55.8 Å². The van der Waals surface area contributed by atoms with E-state index in [0.29, 0.717) is 26.2 Å². The summed E-state index contributed by atoms with van der Waals surface area (Å²) >= 11 is 0. The average molecular weight is 468 g/mol. The molecule has 1 aliphatic rings. The molecule has 0 aliphatic carbocycles. The zero-order valence-electron chi connectivity index (χ0n) is 22.3. The summed E-state index contributed by atoms with van der Waals surface area (Å²) in [5, 5.41) is 0. The number of amides is 1. The molecular formula is C28H53NO4. The van der Waals surface area contributed by atoms with Gasteiger partial charge in [-0.2, -0.15) is 0 Å². The van der Waals surface area contributed by atoms with Gasteiger partial charge < -0.3 is 9.47 Å². The van der Waals surface area contributed by atoms with E-state index in [1.54, 1.807) is 4.90 Å². The lowest BCUT2D eigenvalue weighted by Crippen LogP contribution is -2.42. The summed E-state index contributed by atoms with van der Waals surface area (Å²) in [6.45, 7) is 9.71. The SMILES string of the molecule is CCCCCCCCCCCCCCCCCOC(=O)C1CCCN1C(=O)OCC(C)(C)C. The Labute approximate surface area is 204 Å². The zero-order chi connectivity index (χ0) is 24.4. The third-order valence-corrected chi connectivity index (χ3v) is 6.38. The van der Waals surface area contributed by atoms with Gasteiger partial charge in [0.2, 0.25) is 0 Å². The summed E-state index contributed by atoms with van der Waals surface area (Å²) < 4.78 is 10.9. The van der Waals surface area contributed by atoms with Gasteiger partial charge in [0.25, 0.3) is 0 Å². The van der Waals surface area contributed by atoms with Gasteiger partial charge in [0.1, 0.15) is 6.04 Å². The number of ether oxygens (including phenoxy) is 2. The summed E-state index contributed by atoms with van der Waals surface area (Å²) in [4.78, 5) is 26.3. The molecule has 33 heavy (non-hydrogen) atoms. The van der Waals surface area contributed by atoms with E-state index < -0.39 is 12.1 Å². The number of hydrogen-bond donors (Lipinski definition) is 0. The minimum absolute atomic E-state index is 0.0844. The molecule has 0 N–H and O–H groups in total. The lowest BCUT2D eigenvalue weighted by atomic mass is 9.99. The van der Waals surface area contributed by atoms with Crippen LogP contribution >= 0.6 is 0 Å². The van der Waals surface area contributed by atoms with Gasteiger partial charge in [-0.1, -0.05) is 118 Å². The molecule has 1 aliphatic heterocycles. The van der Waals surface area contributed by atoms with Gasteiger partial charge in [-0.15, -0.1) is 0 Å².